The number of nitrogens with one attached hydrogen (secondary N) is 2. The monoisotopic (exact) mass is 370 g/mol. The van der Waals surface area contributed by atoms with Gasteiger partial charge >= 0.3 is 6.36 Å². The van der Waals surface area contributed by atoms with Crippen molar-refractivity contribution in [3.63, 3.8) is 0 Å². The van der Waals surface area contributed by atoms with Crippen LogP contribution in [0.15, 0.2) is 24.3 Å². The molecule has 1 heterocycles. The average Bonchev–Trinajstić information content (AvgIpc) is 2.46. The highest BCUT2D eigenvalue weighted by Crippen LogP contribution is 2.26. The fourth-order valence-electron chi connectivity index (χ4n) is 2.11. The fraction of sp³-hybridized carbons (Fsp3) is 0.500. The van der Waals surface area contributed by atoms with Gasteiger partial charge in [-0.2, -0.15) is 11.8 Å². The number of rotatable bonds is 5. The lowest BCUT2D eigenvalue weighted by Crippen LogP contribution is -2.41. The van der Waals surface area contributed by atoms with Gasteiger partial charge in [-0.05, 0) is 6.07 Å². The Bertz CT molecular complexity index is 511. The van der Waals surface area contributed by atoms with E-state index in [4.69, 9.17) is 0 Å². The van der Waals surface area contributed by atoms with E-state index in [9.17, 15) is 18.0 Å². The summed E-state index contributed by atoms with van der Waals surface area (Å²) >= 11 is 1.78. The Labute approximate surface area is 142 Å². The molecule has 2 N–H and O–H groups in total. The molecule has 2 rings (SSSR count). The minimum Gasteiger partial charge on any atom is -0.405 e. The number of hydrogen-bond acceptors (Lipinski definition) is 4. The normalized spacial score (nSPS) is 18.0. The second-order valence-electron chi connectivity index (χ2n) is 4.86. The lowest BCUT2D eigenvalue weighted by molar-refractivity contribution is -0.274. The predicted octanol–water partition coefficient (Wildman–Crippen LogP) is 2.72. The van der Waals surface area contributed by atoms with E-state index < -0.39 is 6.36 Å². The minimum atomic E-state index is -4.75. The number of thioether (sulfide) groups is 1. The first-order chi connectivity index (χ1) is 10.4. The summed E-state index contributed by atoms with van der Waals surface area (Å²) in [5.41, 5.74) is 0.291. The van der Waals surface area contributed by atoms with E-state index in [1.54, 1.807) is 17.8 Å². The topological polar surface area (TPSA) is 50.4 Å². The molecule has 1 unspecified atom stereocenters. The number of hydrogen-bond donors (Lipinski definition) is 2. The van der Waals surface area contributed by atoms with Crippen LogP contribution in [0, 0.1) is 0 Å². The summed E-state index contributed by atoms with van der Waals surface area (Å²) in [6, 6.07) is 5.89. The second kappa shape index (κ2) is 9.24. The SMILES string of the molecule is Cl.O=C(CC1CSCCN1)NCc1ccccc1OC(F)(F)F. The van der Waals surface area contributed by atoms with Gasteiger partial charge in [0.25, 0.3) is 0 Å². The van der Waals surface area contributed by atoms with Crippen LogP contribution in [0.2, 0.25) is 0 Å². The first-order valence-corrected chi connectivity index (χ1v) is 8.01. The highest BCUT2D eigenvalue weighted by atomic mass is 35.5. The van der Waals surface area contributed by atoms with Crippen molar-refractivity contribution in [2.45, 2.75) is 25.4 Å². The zero-order valence-corrected chi connectivity index (χ0v) is 13.8. The number of benzene rings is 1. The van der Waals surface area contributed by atoms with E-state index in [1.807, 2.05) is 0 Å². The molecule has 9 heteroatoms. The maximum Gasteiger partial charge on any atom is 0.573 e. The number of amides is 1. The molecule has 0 saturated carbocycles. The Kier molecular flexibility index (Phi) is 8.01. The first-order valence-electron chi connectivity index (χ1n) is 6.85. The van der Waals surface area contributed by atoms with Gasteiger partial charge in [0.2, 0.25) is 5.91 Å². The van der Waals surface area contributed by atoms with Crippen LogP contribution in [0.1, 0.15) is 12.0 Å². The van der Waals surface area contributed by atoms with Crippen LogP contribution >= 0.6 is 24.2 Å². The summed E-state index contributed by atoms with van der Waals surface area (Å²) in [6.07, 6.45) is -4.43. The Morgan fingerprint density at radius 1 is 1.39 bits per heavy atom. The van der Waals surface area contributed by atoms with E-state index in [1.165, 1.54) is 18.2 Å². The third-order valence-electron chi connectivity index (χ3n) is 3.10. The number of para-hydroxylation sites is 1. The lowest BCUT2D eigenvalue weighted by atomic mass is 10.2. The van der Waals surface area contributed by atoms with Gasteiger partial charge in [-0.25, -0.2) is 0 Å². The highest BCUT2D eigenvalue weighted by molar-refractivity contribution is 7.99. The molecule has 0 aromatic heterocycles. The number of carbonyl (C=O) groups is 1. The maximum atomic E-state index is 12.3. The zero-order chi connectivity index (χ0) is 16.0. The standard InChI is InChI=1S/C14H17F3N2O2S.ClH/c15-14(16,17)21-12-4-2-1-3-10(12)8-19-13(20)7-11-9-22-6-5-18-11;/h1-4,11,18H,5-9H2,(H,19,20);1H. The molecule has 0 spiro atoms. The van der Waals surface area contributed by atoms with Crippen LogP contribution in [0.4, 0.5) is 13.2 Å². The maximum absolute atomic E-state index is 12.3. The molecule has 1 atom stereocenters. The highest BCUT2D eigenvalue weighted by Gasteiger charge is 2.32. The van der Waals surface area contributed by atoms with E-state index >= 15 is 0 Å². The van der Waals surface area contributed by atoms with Crippen molar-refractivity contribution in [1.82, 2.24) is 10.6 Å². The summed E-state index contributed by atoms with van der Waals surface area (Å²) in [6.45, 7) is 0.871. The zero-order valence-electron chi connectivity index (χ0n) is 12.2. The van der Waals surface area contributed by atoms with E-state index in [0.29, 0.717) is 12.0 Å². The summed E-state index contributed by atoms with van der Waals surface area (Å²) < 4.78 is 40.9. The van der Waals surface area contributed by atoms with Crippen LogP contribution < -0.4 is 15.4 Å². The van der Waals surface area contributed by atoms with E-state index in [-0.39, 0.29) is 36.7 Å². The lowest BCUT2D eigenvalue weighted by Gasteiger charge is -2.22. The molecule has 4 nitrogen and oxygen atoms in total. The third-order valence-corrected chi connectivity index (χ3v) is 4.24. The van der Waals surface area contributed by atoms with Crippen molar-refractivity contribution in [3.05, 3.63) is 29.8 Å². The molecule has 1 fully saturated rings. The van der Waals surface area contributed by atoms with E-state index in [0.717, 1.165) is 18.1 Å². The molecule has 0 radical (unpaired) electrons. The third kappa shape index (κ3) is 7.32. The first kappa shape index (κ1) is 19.9. The van der Waals surface area contributed by atoms with Gasteiger partial charge in [0, 0.05) is 42.6 Å². The molecule has 130 valence electrons. The minimum absolute atomic E-state index is 0. The molecule has 1 aliphatic heterocycles. The van der Waals surface area contributed by atoms with E-state index in [2.05, 4.69) is 15.4 Å². The Hall–Kier alpha value is -1.12. The van der Waals surface area contributed by atoms with Crippen LogP contribution in [-0.2, 0) is 11.3 Å². The van der Waals surface area contributed by atoms with Crippen LogP contribution in [0.25, 0.3) is 0 Å². The average molecular weight is 371 g/mol. The number of halogens is 4. The van der Waals surface area contributed by atoms with Crippen molar-refractivity contribution >= 4 is 30.1 Å². The molecule has 0 bridgehead atoms. The van der Waals surface area contributed by atoms with Crippen LogP contribution in [0.5, 0.6) is 5.75 Å². The van der Waals surface area contributed by atoms with Crippen molar-refractivity contribution in [2.24, 2.45) is 0 Å². The van der Waals surface area contributed by atoms with Gasteiger partial charge in [0.05, 0.1) is 0 Å². The van der Waals surface area contributed by atoms with Gasteiger partial charge < -0.3 is 15.4 Å². The molecule has 1 aromatic carbocycles. The van der Waals surface area contributed by atoms with Crippen LogP contribution in [-0.4, -0.2) is 36.4 Å². The molecule has 0 aliphatic carbocycles. The van der Waals surface area contributed by atoms with Crippen molar-refractivity contribution in [1.29, 1.82) is 0 Å². The Morgan fingerprint density at radius 2 is 2.13 bits per heavy atom. The smallest absolute Gasteiger partial charge is 0.405 e. The molecular weight excluding hydrogens is 353 g/mol. The Morgan fingerprint density at radius 3 is 2.78 bits per heavy atom. The quantitative estimate of drug-likeness (QED) is 0.836. The molecule has 23 heavy (non-hydrogen) atoms. The largest absolute Gasteiger partial charge is 0.573 e. The van der Waals surface area contributed by atoms with Gasteiger partial charge in [-0.1, -0.05) is 18.2 Å². The number of ether oxygens (including phenoxy) is 1. The molecule has 1 aromatic rings. The van der Waals surface area contributed by atoms with Gasteiger partial charge in [0.15, 0.2) is 0 Å². The fourth-order valence-corrected chi connectivity index (χ4v) is 3.06. The van der Waals surface area contributed by atoms with Crippen LogP contribution in [0.3, 0.4) is 0 Å². The van der Waals surface area contributed by atoms with Crippen molar-refractivity contribution in [3.8, 4) is 5.75 Å². The predicted molar refractivity (Wildman–Crippen MR) is 86.0 cm³/mol. The van der Waals surface area contributed by atoms with Gasteiger partial charge in [-0.15, -0.1) is 25.6 Å². The number of alkyl halides is 3. The molecule has 1 amide bonds. The van der Waals surface area contributed by atoms with Crippen molar-refractivity contribution in [2.75, 3.05) is 18.1 Å². The molecular formula is C14H18ClF3N2O2S. The summed E-state index contributed by atoms with van der Waals surface area (Å²) in [5.74, 6) is 1.41. The number of carbonyl (C=O) groups excluding carboxylic acids is 1. The summed E-state index contributed by atoms with van der Waals surface area (Å²) in [4.78, 5) is 11.9. The summed E-state index contributed by atoms with van der Waals surface area (Å²) in [5, 5.41) is 5.87. The van der Waals surface area contributed by atoms with Gasteiger partial charge in [-0.3, -0.25) is 4.79 Å². The van der Waals surface area contributed by atoms with Crippen molar-refractivity contribution < 1.29 is 22.7 Å². The molecule has 1 aliphatic rings. The Balaban J connectivity index is 0.00000264. The second-order valence-corrected chi connectivity index (χ2v) is 6.01. The van der Waals surface area contributed by atoms with Gasteiger partial charge in [0.1, 0.15) is 5.75 Å². The molecule has 1 saturated heterocycles. The summed E-state index contributed by atoms with van der Waals surface area (Å²) in [7, 11) is 0.